The number of hydrogen-bond acceptors (Lipinski definition) is 3. The molecule has 0 aromatic carbocycles. The minimum atomic E-state index is -3.20. The lowest BCUT2D eigenvalue weighted by Gasteiger charge is -2.29. The van der Waals surface area contributed by atoms with Gasteiger partial charge >= 0.3 is 0 Å². The van der Waals surface area contributed by atoms with Crippen LogP contribution in [0, 0.1) is 5.92 Å². The summed E-state index contributed by atoms with van der Waals surface area (Å²) in [5.41, 5.74) is -0.989. The first kappa shape index (κ1) is 12.0. The van der Waals surface area contributed by atoms with Crippen molar-refractivity contribution in [1.29, 1.82) is 0 Å². The maximum Gasteiger partial charge on any atom is 0.155 e. The zero-order valence-electron chi connectivity index (χ0n) is 9.37. The highest BCUT2D eigenvalue weighted by atomic mass is 32.2. The average Bonchev–Trinajstić information content (AvgIpc) is 2.62. The van der Waals surface area contributed by atoms with Gasteiger partial charge in [0.15, 0.2) is 9.84 Å². The first-order chi connectivity index (χ1) is 6.17. The lowest BCUT2D eigenvalue weighted by Crippen LogP contribution is -2.46. The summed E-state index contributed by atoms with van der Waals surface area (Å²) in [5, 5.41) is 10.2. The molecule has 2 unspecified atom stereocenters. The van der Waals surface area contributed by atoms with Crippen LogP contribution in [-0.4, -0.2) is 30.1 Å². The van der Waals surface area contributed by atoms with Gasteiger partial charge in [0.25, 0.3) is 0 Å². The molecule has 0 aromatic rings. The molecule has 0 spiro atoms. The molecular weight excluding hydrogens is 200 g/mol. The zero-order valence-corrected chi connectivity index (χ0v) is 10.2. The van der Waals surface area contributed by atoms with Crippen LogP contribution in [0.3, 0.4) is 0 Å². The summed E-state index contributed by atoms with van der Waals surface area (Å²) in [4.78, 5) is 0. The Morgan fingerprint density at radius 2 is 2.00 bits per heavy atom. The van der Waals surface area contributed by atoms with Gasteiger partial charge in [-0.15, -0.1) is 0 Å². The maximum absolute atomic E-state index is 11.5. The molecule has 1 rings (SSSR count). The summed E-state index contributed by atoms with van der Waals surface area (Å²) in [7, 11) is -3.20. The fourth-order valence-electron chi connectivity index (χ4n) is 2.06. The molecule has 0 radical (unpaired) electrons. The molecule has 0 bridgehead atoms. The molecule has 2 atom stereocenters. The Hall–Kier alpha value is -0.0900. The van der Waals surface area contributed by atoms with Crippen LogP contribution in [0.5, 0.6) is 0 Å². The minimum Gasteiger partial charge on any atom is -0.388 e. The predicted molar refractivity (Wildman–Crippen MR) is 56.9 cm³/mol. The Morgan fingerprint density at radius 3 is 2.36 bits per heavy atom. The van der Waals surface area contributed by atoms with Gasteiger partial charge in [-0.3, -0.25) is 0 Å². The van der Waals surface area contributed by atoms with Crippen LogP contribution in [0.1, 0.15) is 40.0 Å². The molecule has 1 saturated carbocycles. The van der Waals surface area contributed by atoms with E-state index < -0.39 is 20.2 Å². The molecule has 0 heterocycles. The molecule has 1 fully saturated rings. The summed E-state index contributed by atoms with van der Waals surface area (Å²) in [6.45, 7) is 5.29. The predicted octanol–water partition coefficient (Wildman–Crippen LogP) is 1.36. The van der Waals surface area contributed by atoms with Crippen molar-refractivity contribution in [2.75, 3.05) is 6.26 Å². The standard InChI is InChI=1S/C10H20O3S/c1-5-6-8-7-10(8,11)9(2,3)14(4,12)13/h8,11H,5-7H2,1-4H3. The number of rotatable bonds is 4. The molecule has 1 aliphatic rings. The van der Waals surface area contributed by atoms with E-state index in [1.807, 2.05) is 6.92 Å². The minimum absolute atomic E-state index is 0.164. The van der Waals surface area contributed by atoms with Crippen molar-refractivity contribution in [2.24, 2.45) is 5.92 Å². The summed E-state index contributed by atoms with van der Waals surface area (Å²) in [6.07, 6.45) is 3.73. The number of sulfone groups is 1. The Kier molecular flexibility index (Phi) is 2.74. The van der Waals surface area contributed by atoms with E-state index in [4.69, 9.17) is 0 Å². The summed E-state index contributed by atoms with van der Waals surface area (Å²) >= 11 is 0. The summed E-state index contributed by atoms with van der Waals surface area (Å²) in [6, 6.07) is 0. The van der Waals surface area contributed by atoms with Crippen molar-refractivity contribution in [3.05, 3.63) is 0 Å². The van der Waals surface area contributed by atoms with Crippen molar-refractivity contribution < 1.29 is 13.5 Å². The molecule has 0 saturated heterocycles. The van der Waals surface area contributed by atoms with E-state index >= 15 is 0 Å². The van der Waals surface area contributed by atoms with Gasteiger partial charge < -0.3 is 5.11 Å². The van der Waals surface area contributed by atoms with E-state index in [0.717, 1.165) is 12.8 Å². The fourth-order valence-corrected chi connectivity index (χ4v) is 2.96. The van der Waals surface area contributed by atoms with Gasteiger partial charge in [0.2, 0.25) is 0 Å². The van der Waals surface area contributed by atoms with E-state index in [0.29, 0.717) is 6.42 Å². The van der Waals surface area contributed by atoms with Crippen LogP contribution in [0.4, 0.5) is 0 Å². The Morgan fingerprint density at radius 1 is 1.50 bits per heavy atom. The van der Waals surface area contributed by atoms with E-state index in [1.54, 1.807) is 13.8 Å². The second-order valence-electron chi connectivity index (χ2n) is 4.90. The number of aliphatic hydroxyl groups is 1. The third-order valence-corrected chi connectivity index (χ3v) is 5.89. The van der Waals surface area contributed by atoms with Gasteiger partial charge in [-0.1, -0.05) is 13.3 Å². The Labute approximate surface area is 86.4 Å². The molecule has 4 heteroatoms. The van der Waals surface area contributed by atoms with Crippen molar-refractivity contribution in [1.82, 2.24) is 0 Å². The second-order valence-corrected chi connectivity index (χ2v) is 7.46. The van der Waals surface area contributed by atoms with E-state index in [2.05, 4.69) is 0 Å². The maximum atomic E-state index is 11.5. The lowest BCUT2D eigenvalue weighted by molar-refractivity contribution is 0.0926. The summed E-state index contributed by atoms with van der Waals surface area (Å²) in [5.74, 6) is 0.164. The smallest absolute Gasteiger partial charge is 0.155 e. The molecule has 14 heavy (non-hydrogen) atoms. The van der Waals surface area contributed by atoms with Gasteiger partial charge in [-0.05, 0) is 32.6 Å². The fraction of sp³-hybridized carbons (Fsp3) is 1.00. The van der Waals surface area contributed by atoms with Crippen molar-refractivity contribution in [3.8, 4) is 0 Å². The first-order valence-electron chi connectivity index (χ1n) is 5.09. The highest BCUT2D eigenvalue weighted by Gasteiger charge is 2.65. The van der Waals surface area contributed by atoms with Gasteiger partial charge in [-0.2, -0.15) is 0 Å². The molecule has 3 nitrogen and oxygen atoms in total. The quantitative estimate of drug-likeness (QED) is 0.778. The third kappa shape index (κ3) is 1.58. The molecule has 0 aromatic heterocycles. The molecule has 1 aliphatic carbocycles. The van der Waals surface area contributed by atoms with Crippen LogP contribution in [0.15, 0.2) is 0 Å². The van der Waals surface area contributed by atoms with Gasteiger partial charge in [0, 0.05) is 6.26 Å². The Bertz CT molecular complexity index is 318. The van der Waals surface area contributed by atoms with Crippen LogP contribution < -0.4 is 0 Å². The van der Waals surface area contributed by atoms with Gasteiger partial charge in [0.05, 0.1) is 10.3 Å². The summed E-state index contributed by atoms with van der Waals surface area (Å²) < 4.78 is 22.0. The highest BCUT2D eigenvalue weighted by molar-refractivity contribution is 7.92. The number of hydrogen-bond donors (Lipinski definition) is 1. The van der Waals surface area contributed by atoms with Crippen molar-refractivity contribution >= 4 is 9.84 Å². The average molecular weight is 220 g/mol. The van der Waals surface area contributed by atoms with Crippen LogP contribution >= 0.6 is 0 Å². The highest BCUT2D eigenvalue weighted by Crippen LogP contribution is 2.55. The van der Waals surface area contributed by atoms with E-state index in [-0.39, 0.29) is 5.92 Å². The largest absolute Gasteiger partial charge is 0.388 e. The van der Waals surface area contributed by atoms with Gasteiger partial charge in [-0.25, -0.2) is 8.42 Å². The van der Waals surface area contributed by atoms with Gasteiger partial charge in [0.1, 0.15) is 0 Å². The van der Waals surface area contributed by atoms with Crippen molar-refractivity contribution in [3.63, 3.8) is 0 Å². The van der Waals surface area contributed by atoms with Crippen molar-refractivity contribution in [2.45, 2.75) is 50.4 Å². The first-order valence-corrected chi connectivity index (χ1v) is 6.98. The molecule has 1 N–H and O–H groups in total. The normalized spacial score (nSPS) is 33.1. The lowest BCUT2D eigenvalue weighted by atomic mass is 10.00. The SMILES string of the molecule is CCCC1CC1(O)C(C)(C)S(C)(=O)=O. The monoisotopic (exact) mass is 220 g/mol. The molecule has 84 valence electrons. The molecular formula is C10H20O3S. The topological polar surface area (TPSA) is 54.4 Å². The van der Waals surface area contributed by atoms with Crippen LogP contribution in [-0.2, 0) is 9.84 Å². The second kappa shape index (κ2) is 3.20. The van der Waals surface area contributed by atoms with Crippen LogP contribution in [0.2, 0.25) is 0 Å². The Balaban J connectivity index is 2.87. The van der Waals surface area contributed by atoms with Crippen LogP contribution in [0.25, 0.3) is 0 Å². The van der Waals surface area contributed by atoms with E-state index in [1.165, 1.54) is 6.26 Å². The third-order valence-electron chi connectivity index (χ3n) is 3.68. The van der Waals surface area contributed by atoms with E-state index in [9.17, 15) is 13.5 Å². The molecule has 0 aliphatic heterocycles. The molecule has 0 amide bonds. The zero-order chi connectivity index (χ0) is 11.2.